The van der Waals surface area contributed by atoms with E-state index in [-0.39, 0.29) is 0 Å². The van der Waals surface area contributed by atoms with Crippen molar-refractivity contribution in [2.45, 2.75) is 37.6 Å². The Hall–Kier alpha value is 0.177. The second-order valence-electron chi connectivity index (χ2n) is 3.67. The largest absolute Gasteiger partial charge is 0.328 e. The molecule has 0 aromatic heterocycles. The van der Waals surface area contributed by atoms with Crippen LogP contribution in [-0.4, -0.2) is 14.1 Å². The van der Waals surface area contributed by atoms with E-state index in [4.69, 9.17) is 5.73 Å². The molecular weight excluding hydrogens is 114 g/mol. The van der Waals surface area contributed by atoms with Gasteiger partial charge in [0.05, 0.1) is 0 Å². The summed E-state index contributed by atoms with van der Waals surface area (Å²) in [5.74, 6) is 0. The van der Waals surface area contributed by atoms with Gasteiger partial charge in [-0.1, -0.05) is 19.1 Å². The van der Waals surface area contributed by atoms with E-state index in [1.54, 1.807) is 0 Å². The fourth-order valence-corrected chi connectivity index (χ4v) is 4.47. The van der Waals surface area contributed by atoms with Crippen LogP contribution in [0.15, 0.2) is 0 Å². The van der Waals surface area contributed by atoms with Gasteiger partial charge in [-0.05, 0) is 12.5 Å². The van der Waals surface area contributed by atoms with E-state index in [2.05, 4.69) is 13.1 Å². The summed E-state index contributed by atoms with van der Waals surface area (Å²) in [5, 5.41) is 0. The smallest absolute Gasteiger partial charge is 0.0489 e. The van der Waals surface area contributed by atoms with Crippen LogP contribution in [0.3, 0.4) is 0 Å². The Morgan fingerprint density at radius 1 is 1.50 bits per heavy atom. The standard InChI is InChI=1S/C6H15NSi/c1-8(2)4-3-6(7)5-8/h6H,3-5,7H2,1-2H3. The minimum Gasteiger partial charge on any atom is -0.328 e. The maximum absolute atomic E-state index is 5.75. The van der Waals surface area contributed by atoms with Crippen molar-refractivity contribution in [3.05, 3.63) is 0 Å². The lowest BCUT2D eigenvalue weighted by Gasteiger charge is -2.11. The van der Waals surface area contributed by atoms with E-state index in [0.29, 0.717) is 6.04 Å². The SMILES string of the molecule is C[Si]1(C)CCC(N)C1. The molecule has 1 rings (SSSR count). The molecule has 8 heavy (non-hydrogen) atoms. The fraction of sp³-hybridized carbons (Fsp3) is 1.00. The molecule has 1 aliphatic rings. The summed E-state index contributed by atoms with van der Waals surface area (Å²) in [5.41, 5.74) is 5.75. The van der Waals surface area contributed by atoms with Crippen molar-refractivity contribution in [2.24, 2.45) is 5.73 Å². The molecule has 1 fully saturated rings. The topological polar surface area (TPSA) is 26.0 Å². The first kappa shape index (κ1) is 6.30. The summed E-state index contributed by atoms with van der Waals surface area (Å²) in [6.07, 6.45) is 1.29. The Kier molecular flexibility index (Phi) is 1.45. The molecule has 0 saturated carbocycles. The first-order valence-electron chi connectivity index (χ1n) is 3.36. The number of hydrogen-bond donors (Lipinski definition) is 1. The fourth-order valence-electron chi connectivity index (χ4n) is 1.49. The summed E-state index contributed by atoms with van der Waals surface area (Å²) in [6, 6.07) is 3.36. The normalized spacial score (nSPS) is 35.6. The minimum absolute atomic E-state index is 0.552. The van der Waals surface area contributed by atoms with Crippen LogP contribution in [0.25, 0.3) is 0 Å². The molecule has 0 aromatic rings. The molecular formula is C6H15NSi. The third-order valence-corrected chi connectivity index (χ3v) is 5.28. The maximum atomic E-state index is 5.75. The zero-order chi connectivity index (χ0) is 6.20. The van der Waals surface area contributed by atoms with Gasteiger partial charge in [-0.25, -0.2) is 0 Å². The molecule has 2 N–H and O–H groups in total. The van der Waals surface area contributed by atoms with Crippen LogP contribution in [-0.2, 0) is 0 Å². The van der Waals surface area contributed by atoms with E-state index in [1.165, 1.54) is 18.5 Å². The highest BCUT2D eigenvalue weighted by Gasteiger charge is 2.30. The second-order valence-corrected chi connectivity index (χ2v) is 8.90. The lowest BCUT2D eigenvalue weighted by atomic mass is 10.3. The first-order chi connectivity index (χ1) is 3.60. The molecule has 0 aromatic carbocycles. The molecule has 0 bridgehead atoms. The Morgan fingerprint density at radius 3 is 2.25 bits per heavy atom. The van der Waals surface area contributed by atoms with Crippen LogP contribution in [0.5, 0.6) is 0 Å². The molecule has 1 aliphatic heterocycles. The van der Waals surface area contributed by atoms with Crippen molar-refractivity contribution < 1.29 is 0 Å². The quantitative estimate of drug-likeness (QED) is 0.492. The molecule has 48 valence electrons. The summed E-state index contributed by atoms with van der Waals surface area (Å²) in [7, 11) is -0.728. The van der Waals surface area contributed by atoms with Crippen molar-refractivity contribution in [2.75, 3.05) is 0 Å². The van der Waals surface area contributed by atoms with Crippen molar-refractivity contribution in [1.29, 1.82) is 0 Å². The van der Waals surface area contributed by atoms with Gasteiger partial charge in [0.1, 0.15) is 0 Å². The molecule has 0 amide bonds. The molecule has 1 nitrogen and oxygen atoms in total. The Bertz CT molecular complexity index is 90.5. The van der Waals surface area contributed by atoms with Gasteiger partial charge in [-0.2, -0.15) is 0 Å². The van der Waals surface area contributed by atoms with Gasteiger partial charge in [0.15, 0.2) is 0 Å². The van der Waals surface area contributed by atoms with Crippen LogP contribution >= 0.6 is 0 Å². The average Bonchev–Trinajstić information content (AvgIpc) is 1.82. The van der Waals surface area contributed by atoms with Gasteiger partial charge < -0.3 is 5.73 Å². The average molecular weight is 129 g/mol. The van der Waals surface area contributed by atoms with Gasteiger partial charge in [-0.3, -0.25) is 0 Å². The Labute approximate surface area is 52.3 Å². The molecule has 0 aliphatic carbocycles. The van der Waals surface area contributed by atoms with Crippen LogP contribution in [0.1, 0.15) is 6.42 Å². The molecule has 2 heteroatoms. The molecule has 1 atom stereocenters. The highest BCUT2D eigenvalue weighted by molar-refractivity contribution is 6.78. The van der Waals surface area contributed by atoms with E-state index >= 15 is 0 Å². The zero-order valence-corrected chi connectivity index (χ0v) is 6.78. The summed E-state index contributed by atoms with van der Waals surface area (Å²) in [6.45, 7) is 4.86. The second kappa shape index (κ2) is 1.85. The summed E-state index contributed by atoms with van der Waals surface area (Å²) >= 11 is 0. The van der Waals surface area contributed by atoms with Crippen molar-refractivity contribution >= 4 is 8.07 Å². The predicted octanol–water partition coefficient (Wildman–Crippen LogP) is 1.43. The van der Waals surface area contributed by atoms with E-state index < -0.39 is 8.07 Å². The number of nitrogens with two attached hydrogens (primary N) is 1. The van der Waals surface area contributed by atoms with Gasteiger partial charge >= 0.3 is 0 Å². The molecule has 1 saturated heterocycles. The van der Waals surface area contributed by atoms with Crippen LogP contribution in [0.4, 0.5) is 0 Å². The minimum atomic E-state index is -0.728. The van der Waals surface area contributed by atoms with Crippen LogP contribution < -0.4 is 5.73 Å². The number of hydrogen-bond acceptors (Lipinski definition) is 1. The molecule has 0 spiro atoms. The van der Waals surface area contributed by atoms with E-state index in [0.717, 1.165) is 0 Å². The Morgan fingerprint density at radius 2 is 2.12 bits per heavy atom. The maximum Gasteiger partial charge on any atom is 0.0489 e. The summed E-state index contributed by atoms with van der Waals surface area (Å²) in [4.78, 5) is 0. The third kappa shape index (κ3) is 1.33. The van der Waals surface area contributed by atoms with Crippen LogP contribution in [0, 0.1) is 0 Å². The monoisotopic (exact) mass is 129 g/mol. The van der Waals surface area contributed by atoms with Crippen molar-refractivity contribution in [3.8, 4) is 0 Å². The zero-order valence-electron chi connectivity index (χ0n) is 5.78. The summed E-state index contributed by atoms with van der Waals surface area (Å²) < 4.78 is 0. The first-order valence-corrected chi connectivity index (χ1v) is 6.77. The highest BCUT2D eigenvalue weighted by atomic mass is 28.3. The lowest BCUT2D eigenvalue weighted by Crippen LogP contribution is -2.23. The lowest BCUT2D eigenvalue weighted by molar-refractivity contribution is 0.749. The molecule has 1 heterocycles. The molecule has 1 unspecified atom stereocenters. The van der Waals surface area contributed by atoms with Crippen molar-refractivity contribution in [1.82, 2.24) is 0 Å². The van der Waals surface area contributed by atoms with E-state index in [1.807, 2.05) is 0 Å². The van der Waals surface area contributed by atoms with Crippen molar-refractivity contribution in [3.63, 3.8) is 0 Å². The van der Waals surface area contributed by atoms with Crippen LogP contribution in [0.2, 0.25) is 25.2 Å². The Balaban J connectivity index is 2.44. The highest BCUT2D eigenvalue weighted by Crippen LogP contribution is 2.28. The van der Waals surface area contributed by atoms with Gasteiger partial charge in [0.2, 0.25) is 0 Å². The molecule has 0 radical (unpaired) electrons. The predicted molar refractivity (Wildman–Crippen MR) is 39.7 cm³/mol. The van der Waals surface area contributed by atoms with E-state index in [9.17, 15) is 0 Å². The third-order valence-electron chi connectivity index (χ3n) is 2.01. The van der Waals surface area contributed by atoms with Gasteiger partial charge in [-0.15, -0.1) is 0 Å². The van der Waals surface area contributed by atoms with Gasteiger partial charge in [0.25, 0.3) is 0 Å². The number of rotatable bonds is 0. The van der Waals surface area contributed by atoms with Gasteiger partial charge in [0, 0.05) is 14.1 Å².